The minimum Gasteiger partial charge on any atom is -0.388 e. The van der Waals surface area contributed by atoms with Crippen molar-refractivity contribution in [3.05, 3.63) is 18.0 Å². The Morgan fingerprint density at radius 1 is 1.50 bits per heavy atom. The lowest BCUT2D eigenvalue weighted by Crippen LogP contribution is -2.44. The summed E-state index contributed by atoms with van der Waals surface area (Å²) in [4.78, 5) is 11.7. The van der Waals surface area contributed by atoms with Crippen molar-refractivity contribution in [2.75, 3.05) is 6.54 Å². The van der Waals surface area contributed by atoms with Crippen LogP contribution in [0.2, 0.25) is 0 Å². The first-order valence-electron chi connectivity index (χ1n) is 7.01. The number of carbonyl (C=O) groups excluding carboxylic acids is 1. The zero-order valence-corrected chi connectivity index (χ0v) is 12.8. The molecule has 1 rings (SSSR count). The average molecular weight is 282 g/mol. The molecule has 1 aromatic heterocycles. The zero-order valence-electron chi connectivity index (χ0n) is 12.8. The maximum atomic E-state index is 11.7. The maximum absolute atomic E-state index is 11.7. The lowest BCUT2D eigenvalue weighted by atomic mass is 9.95. The molecule has 0 aromatic carbocycles. The van der Waals surface area contributed by atoms with E-state index in [9.17, 15) is 9.90 Å². The minimum absolute atomic E-state index is 0.247. The van der Waals surface area contributed by atoms with Gasteiger partial charge >= 0.3 is 6.03 Å². The molecule has 114 valence electrons. The molecule has 1 atom stereocenters. The summed E-state index contributed by atoms with van der Waals surface area (Å²) in [6, 6.07) is 1.56. The van der Waals surface area contributed by atoms with Crippen molar-refractivity contribution >= 4 is 6.03 Å². The minimum atomic E-state index is -0.867. The number of rotatable bonds is 7. The molecule has 0 bridgehead atoms. The lowest BCUT2D eigenvalue weighted by molar-refractivity contribution is 0.0476. The van der Waals surface area contributed by atoms with Crippen LogP contribution in [0.15, 0.2) is 12.3 Å². The Labute approximate surface area is 120 Å². The summed E-state index contributed by atoms with van der Waals surface area (Å²) in [5, 5.41) is 19.6. The lowest BCUT2D eigenvalue weighted by Gasteiger charge is -2.24. The molecule has 1 unspecified atom stereocenters. The van der Waals surface area contributed by atoms with Crippen molar-refractivity contribution in [1.29, 1.82) is 0 Å². The van der Waals surface area contributed by atoms with Gasteiger partial charge in [-0.3, -0.25) is 4.68 Å². The quantitative estimate of drug-likeness (QED) is 0.707. The van der Waals surface area contributed by atoms with Gasteiger partial charge in [0.2, 0.25) is 0 Å². The van der Waals surface area contributed by atoms with Crippen LogP contribution in [-0.4, -0.2) is 33.1 Å². The van der Waals surface area contributed by atoms with Gasteiger partial charge in [0.05, 0.1) is 17.8 Å². The van der Waals surface area contributed by atoms with Gasteiger partial charge in [-0.25, -0.2) is 4.79 Å². The Balaban J connectivity index is 2.27. The van der Waals surface area contributed by atoms with E-state index in [1.807, 2.05) is 13.1 Å². The number of urea groups is 1. The van der Waals surface area contributed by atoms with Gasteiger partial charge < -0.3 is 15.7 Å². The predicted octanol–water partition coefficient (Wildman–Crippen LogP) is 1.41. The second-order valence-electron chi connectivity index (χ2n) is 5.91. The summed E-state index contributed by atoms with van der Waals surface area (Å²) in [7, 11) is 1.83. The molecule has 0 aliphatic rings. The first kappa shape index (κ1) is 16.5. The number of nitrogens with one attached hydrogen (secondary N) is 2. The smallest absolute Gasteiger partial charge is 0.315 e. The molecule has 20 heavy (non-hydrogen) atoms. The Morgan fingerprint density at radius 3 is 2.75 bits per heavy atom. The van der Waals surface area contributed by atoms with E-state index in [2.05, 4.69) is 29.6 Å². The highest BCUT2D eigenvalue weighted by molar-refractivity contribution is 5.73. The van der Waals surface area contributed by atoms with Gasteiger partial charge in [0.1, 0.15) is 0 Å². The van der Waals surface area contributed by atoms with E-state index in [0.717, 1.165) is 12.1 Å². The van der Waals surface area contributed by atoms with E-state index in [4.69, 9.17) is 0 Å². The van der Waals surface area contributed by atoms with Gasteiger partial charge in [0.15, 0.2) is 0 Å². The van der Waals surface area contributed by atoms with Crippen LogP contribution >= 0.6 is 0 Å². The number of carbonyl (C=O) groups is 1. The van der Waals surface area contributed by atoms with Crippen molar-refractivity contribution in [2.24, 2.45) is 13.0 Å². The van der Waals surface area contributed by atoms with Gasteiger partial charge in [-0.2, -0.15) is 5.10 Å². The number of amides is 2. The first-order valence-corrected chi connectivity index (χ1v) is 7.01. The van der Waals surface area contributed by atoms with Crippen LogP contribution in [0.5, 0.6) is 0 Å². The van der Waals surface area contributed by atoms with Crippen molar-refractivity contribution in [1.82, 2.24) is 20.4 Å². The van der Waals surface area contributed by atoms with Crippen LogP contribution in [0.3, 0.4) is 0 Å². The fourth-order valence-corrected chi connectivity index (χ4v) is 1.77. The molecule has 3 N–H and O–H groups in total. The van der Waals surface area contributed by atoms with E-state index < -0.39 is 5.60 Å². The topological polar surface area (TPSA) is 79.2 Å². The van der Waals surface area contributed by atoms with Crippen LogP contribution in [0, 0.1) is 5.92 Å². The van der Waals surface area contributed by atoms with Crippen LogP contribution in [0.1, 0.15) is 39.3 Å². The number of aromatic nitrogens is 2. The molecule has 0 radical (unpaired) electrons. The molecule has 2 amide bonds. The number of hydrogen-bond donors (Lipinski definition) is 3. The van der Waals surface area contributed by atoms with E-state index in [-0.39, 0.29) is 12.6 Å². The molecule has 1 heterocycles. The number of aliphatic hydroxyl groups is 1. The van der Waals surface area contributed by atoms with Crippen molar-refractivity contribution in [2.45, 2.75) is 45.8 Å². The summed E-state index contributed by atoms with van der Waals surface area (Å²) in [5.74, 6) is 0.542. The van der Waals surface area contributed by atoms with Crippen molar-refractivity contribution < 1.29 is 9.90 Å². The highest BCUT2D eigenvalue weighted by Crippen LogP contribution is 2.15. The third kappa shape index (κ3) is 6.06. The summed E-state index contributed by atoms with van der Waals surface area (Å²) in [5.41, 5.74) is 0.0560. The van der Waals surface area contributed by atoms with Gasteiger partial charge in [-0.15, -0.1) is 0 Å². The van der Waals surface area contributed by atoms with Crippen molar-refractivity contribution in [3.63, 3.8) is 0 Å². The van der Waals surface area contributed by atoms with Crippen LogP contribution in [0.4, 0.5) is 4.79 Å². The monoisotopic (exact) mass is 282 g/mol. The molecule has 1 aromatic rings. The first-order chi connectivity index (χ1) is 9.30. The standard InChI is InChI=1S/C14H26N4O2/c1-11(2)5-7-14(3,20)10-16-13(19)15-9-12-6-8-17-18(12)4/h6,8,11,20H,5,7,9-10H2,1-4H3,(H2,15,16,19). The average Bonchev–Trinajstić information content (AvgIpc) is 2.77. The highest BCUT2D eigenvalue weighted by atomic mass is 16.3. The van der Waals surface area contributed by atoms with E-state index in [1.165, 1.54) is 0 Å². The van der Waals surface area contributed by atoms with E-state index >= 15 is 0 Å². The molecule has 0 fully saturated rings. The summed E-state index contributed by atoms with van der Waals surface area (Å²) >= 11 is 0. The Bertz CT molecular complexity index is 427. The normalized spacial score (nSPS) is 14.1. The predicted molar refractivity (Wildman–Crippen MR) is 78.1 cm³/mol. The second-order valence-corrected chi connectivity index (χ2v) is 5.91. The second kappa shape index (κ2) is 7.28. The van der Waals surface area contributed by atoms with E-state index in [1.54, 1.807) is 17.8 Å². The third-order valence-electron chi connectivity index (χ3n) is 3.24. The molecular weight excluding hydrogens is 256 g/mol. The SMILES string of the molecule is CC(C)CCC(C)(O)CNC(=O)NCc1ccnn1C. The van der Waals surface area contributed by atoms with Gasteiger partial charge in [0, 0.05) is 19.8 Å². The molecule has 0 aliphatic carbocycles. The summed E-state index contributed by atoms with van der Waals surface area (Å²) in [6.45, 7) is 6.64. The number of aryl methyl sites for hydroxylation is 1. The Kier molecular flexibility index (Phi) is 6.01. The fraction of sp³-hybridized carbons (Fsp3) is 0.714. The van der Waals surface area contributed by atoms with E-state index in [0.29, 0.717) is 18.9 Å². The van der Waals surface area contributed by atoms with Gasteiger partial charge in [-0.05, 0) is 31.7 Å². The van der Waals surface area contributed by atoms with Gasteiger partial charge in [-0.1, -0.05) is 13.8 Å². The number of nitrogens with zero attached hydrogens (tertiary/aromatic N) is 2. The molecular formula is C14H26N4O2. The molecule has 0 spiro atoms. The van der Waals surface area contributed by atoms with Crippen LogP contribution in [-0.2, 0) is 13.6 Å². The number of hydrogen-bond acceptors (Lipinski definition) is 3. The largest absolute Gasteiger partial charge is 0.388 e. The molecule has 0 aliphatic heterocycles. The zero-order chi connectivity index (χ0) is 15.2. The fourth-order valence-electron chi connectivity index (χ4n) is 1.77. The molecule has 0 saturated heterocycles. The Morgan fingerprint density at radius 2 is 2.20 bits per heavy atom. The molecule has 0 saturated carbocycles. The maximum Gasteiger partial charge on any atom is 0.315 e. The molecule has 6 heteroatoms. The van der Waals surface area contributed by atoms with Gasteiger partial charge in [0.25, 0.3) is 0 Å². The highest BCUT2D eigenvalue weighted by Gasteiger charge is 2.21. The Hall–Kier alpha value is -1.56. The van der Waals surface area contributed by atoms with Crippen LogP contribution < -0.4 is 10.6 Å². The third-order valence-corrected chi connectivity index (χ3v) is 3.24. The molecule has 6 nitrogen and oxygen atoms in total. The summed E-state index contributed by atoms with van der Waals surface area (Å²) < 4.78 is 1.71. The van der Waals surface area contributed by atoms with Crippen LogP contribution in [0.25, 0.3) is 0 Å². The van der Waals surface area contributed by atoms with Crippen molar-refractivity contribution in [3.8, 4) is 0 Å². The summed E-state index contributed by atoms with van der Waals surface area (Å²) in [6.07, 6.45) is 3.30.